The number of allylic oxidation sites excluding steroid dienone is 1. The molecule has 0 radical (unpaired) electrons. The zero-order valence-electron chi connectivity index (χ0n) is 14.0. The van der Waals surface area contributed by atoms with Crippen LogP contribution in [0.15, 0.2) is 12.7 Å². The van der Waals surface area contributed by atoms with Crippen LogP contribution in [0.3, 0.4) is 0 Å². The van der Waals surface area contributed by atoms with Gasteiger partial charge in [0.25, 0.3) is 0 Å². The van der Waals surface area contributed by atoms with E-state index in [9.17, 15) is 0 Å². The van der Waals surface area contributed by atoms with E-state index in [0.717, 1.165) is 0 Å². The Morgan fingerprint density at radius 1 is 1.00 bits per heavy atom. The van der Waals surface area contributed by atoms with Crippen molar-refractivity contribution in [2.75, 3.05) is 13.2 Å². The van der Waals surface area contributed by atoms with E-state index in [4.69, 9.17) is 30.0 Å². The minimum Gasteiger partial charge on any atom is -0.548 e. The molecule has 7 heteroatoms. The van der Waals surface area contributed by atoms with Crippen molar-refractivity contribution < 1.29 is 30.0 Å². The second-order valence-electron chi connectivity index (χ2n) is 3.93. The summed E-state index contributed by atoms with van der Waals surface area (Å²) in [5, 5.41) is 33.0. The number of unbranched alkanes of at least 4 members (excludes halogenated alkanes) is 2. The average Bonchev–Trinajstić information content (AvgIpc) is 2.49. The van der Waals surface area contributed by atoms with Gasteiger partial charge in [0, 0.05) is 0 Å². The van der Waals surface area contributed by atoms with Crippen molar-refractivity contribution in [2.24, 2.45) is 0 Å². The molecule has 0 unspecified atom stereocenters. The maximum atomic E-state index is 9.01. The van der Waals surface area contributed by atoms with Crippen molar-refractivity contribution in [3.05, 3.63) is 12.7 Å². The molecule has 0 aliphatic carbocycles. The van der Waals surface area contributed by atoms with Crippen LogP contribution in [0, 0.1) is 0 Å². The first-order valence-electron chi connectivity index (χ1n) is 7.26. The Hall–Kier alpha value is -0.601. The summed E-state index contributed by atoms with van der Waals surface area (Å²) < 4.78 is 3.25. The molecule has 130 valence electrons. The molecule has 0 aliphatic rings. The Balaban J connectivity index is -0.000000107. The van der Waals surface area contributed by atoms with Gasteiger partial charge in [0.15, 0.2) is 0 Å². The average molecular weight is 425 g/mol. The van der Waals surface area contributed by atoms with Gasteiger partial charge < -0.3 is 30.0 Å². The second-order valence-corrected chi connectivity index (χ2v) is 8.21. The number of carbonyl (C=O) groups excluding carboxylic acids is 2. The fourth-order valence-electron chi connectivity index (χ4n) is 0.729. The van der Waals surface area contributed by atoms with Crippen molar-refractivity contribution in [1.29, 1.82) is 0 Å². The molecule has 2 N–H and O–H groups in total. The maximum absolute atomic E-state index is 9.01. The van der Waals surface area contributed by atoms with E-state index < -0.39 is 25.2 Å². The third kappa shape index (κ3) is 74.3. The zero-order valence-corrected chi connectivity index (χ0v) is 16.8. The molecule has 0 heterocycles. The Kier molecular flexibility index (Phi) is 43.3. The van der Waals surface area contributed by atoms with Crippen LogP contribution in [0.5, 0.6) is 0 Å². The van der Waals surface area contributed by atoms with Crippen molar-refractivity contribution in [1.82, 2.24) is 0 Å². The van der Waals surface area contributed by atoms with Gasteiger partial charge in [0.2, 0.25) is 0 Å². The quantitative estimate of drug-likeness (QED) is 0.315. The molecular weight excluding hydrogens is 395 g/mol. The molecule has 0 amide bonds. The van der Waals surface area contributed by atoms with Crippen LogP contribution in [0.25, 0.3) is 0 Å². The number of carboxylic acid groups (broad SMARTS) is 2. The molecule has 0 rings (SSSR count). The molecular formula is C15H30O6Sn. The number of aliphatic hydroxyl groups excluding tert-OH is 2. The number of hydrogen-bond acceptors (Lipinski definition) is 6. The maximum Gasteiger partial charge on any atom is 0.0826 e. The van der Waals surface area contributed by atoms with Crippen LogP contribution < -0.4 is 10.2 Å². The van der Waals surface area contributed by atoms with Crippen molar-refractivity contribution in [3.8, 4) is 0 Å². The number of carbonyl (C=O) groups is 2. The summed E-state index contributed by atoms with van der Waals surface area (Å²) in [6.45, 7) is 8.05. The summed E-state index contributed by atoms with van der Waals surface area (Å²) in [4.78, 5) is 18.0. The zero-order chi connectivity index (χ0) is 18.2. The molecule has 22 heavy (non-hydrogen) atoms. The Labute approximate surface area is 144 Å². The first-order chi connectivity index (χ1) is 10.4. The number of hydrogen-bond donors (Lipinski definition) is 2. The number of carboxylic acids is 2. The number of rotatable bonds is 8. The van der Waals surface area contributed by atoms with Crippen LogP contribution in [0.4, 0.5) is 0 Å². The molecule has 0 aromatic rings. The van der Waals surface area contributed by atoms with Gasteiger partial charge in [-0.1, -0.05) is 6.08 Å². The molecule has 0 atom stereocenters. The van der Waals surface area contributed by atoms with Crippen LogP contribution in [0.2, 0.25) is 8.87 Å². The summed E-state index contributed by atoms with van der Waals surface area (Å²) in [6, 6.07) is 0. The molecule has 0 spiro atoms. The van der Waals surface area contributed by atoms with Gasteiger partial charge in [-0.2, -0.15) is 0 Å². The topological polar surface area (TPSA) is 121 Å². The van der Waals surface area contributed by atoms with Crippen molar-refractivity contribution in [3.63, 3.8) is 0 Å². The first kappa shape index (κ1) is 29.4. The summed E-state index contributed by atoms with van der Waals surface area (Å²) in [6.07, 6.45) is 7.59. The van der Waals surface area contributed by atoms with Crippen LogP contribution in [0.1, 0.15) is 46.5 Å². The predicted molar refractivity (Wildman–Crippen MR) is 85.2 cm³/mol. The third-order valence-electron chi connectivity index (χ3n) is 1.67. The van der Waals surface area contributed by atoms with Gasteiger partial charge in [-0.05, 0) is 6.92 Å². The van der Waals surface area contributed by atoms with Gasteiger partial charge in [-0.15, -0.1) is 6.58 Å². The minimum atomic E-state index is -1.44. The summed E-state index contributed by atoms with van der Waals surface area (Å²) in [5.41, 5.74) is 0. The van der Waals surface area contributed by atoms with E-state index in [2.05, 4.69) is 20.4 Å². The first-order valence-corrected chi connectivity index (χ1v) is 11.3. The standard InChI is InChI=1S/2C4H9.C3H6.2C2H4O3.Sn/c2*1-3-4-2;1-3-2;2*3-1-2(4)5;/h2*1,3-4H2,2H3;3H,1H2,2H3;2*3H,1H2,(H,4,5);/q;;;;;+2/p-2. The molecule has 6 nitrogen and oxygen atoms in total. The number of aliphatic carboxylic acids is 2. The van der Waals surface area contributed by atoms with E-state index >= 15 is 0 Å². The number of aliphatic hydroxyl groups is 2. The van der Waals surface area contributed by atoms with E-state index in [1.54, 1.807) is 14.9 Å². The van der Waals surface area contributed by atoms with Crippen LogP contribution in [-0.4, -0.2) is 56.5 Å². The van der Waals surface area contributed by atoms with Crippen molar-refractivity contribution >= 4 is 33.1 Å². The molecule has 0 saturated carbocycles. The fraction of sp³-hybridized carbons (Fsp3) is 0.733. The third-order valence-corrected chi connectivity index (χ3v) is 5.71. The minimum absolute atomic E-state index is 0.149. The molecule has 0 bridgehead atoms. The van der Waals surface area contributed by atoms with Gasteiger partial charge in [-0.3, -0.25) is 0 Å². The summed E-state index contributed by atoms with van der Waals surface area (Å²) in [7, 11) is 0. The monoisotopic (exact) mass is 426 g/mol. The van der Waals surface area contributed by atoms with Gasteiger partial charge in [-0.25, -0.2) is 0 Å². The Morgan fingerprint density at radius 3 is 1.36 bits per heavy atom. The second kappa shape index (κ2) is 32.4. The van der Waals surface area contributed by atoms with E-state index in [0.29, 0.717) is 0 Å². The molecule has 0 saturated heterocycles. The Bertz CT molecular complexity index is 214. The van der Waals surface area contributed by atoms with Crippen LogP contribution >= 0.6 is 0 Å². The SMILES string of the molecule is C=CC.CCC[CH2][Sn+2][CH2]CCC.O=C([O-])CO.O=C([O-])CO. The molecule has 0 aromatic heterocycles. The predicted octanol–water partition coefficient (Wildman–Crippen LogP) is -0.223. The smallest absolute Gasteiger partial charge is 0.0826 e. The summed E-state index contributed by atoms with van der Waals surface area (Å²) in [5.74, 6) is -2.88. The molecule has 0 aromatic carbocycles. The molecule has 0 fully saturated rings. The van der Waals surface area contributed by atoms with E-state index in [1.807, 2.05) is 6.92 Å². The van der Waals surface area contributed by atoms with Gasteiger partial charge >= 0.3 is 69.5 Å². The molecule has 0 aliphatic heterocycles. The fourth-order valence-corrected chi connectivity index (χ4v) is 4.89. The Morgan fingerprint density at radius 2 is 1.23 bits per heavy atom. The van der Waals surface area contributed by atoms with Gasteiger partial charge in [0.05, 0.1) is 25.2 Å². The van der Waals surface area contributed by atoms with Crippen molar-refractivity contribution in [2.45, 2.75) is 55.3 Å². The van der Waals surface area contributed by atoms with Gasteiger partial charge in [0.1, 0.15) is 0 Å². The van der Waals surface area contributed by atoms with E-state index in [-0.39, 0.29) is 21.1 Å². The van der Waals surface area contributed by atoms with Crippen LogP contribution in [-0.2, 0) is 9.59 Å². The largest absolute Gasteiger partial charge is 0.548 e. The normalized spacial score (nSPS) is 7.68. The van der Waals surface area contributed by atoms with E-state index in [1.165, 1.54) is 25.7 Å². The summed E-state index contributed by atoms with van der Waals surface area (Å²) >= 11 is 0.149.